The minimum atomic E-state index is 0.421. The van der Waals surface area contributed by atoms with Crippen molar-refractivity contribution in [2.24, 2.45) is 5.41 Å². The summed E-state index contributed by atoms with van der Waals surface area (Å²) < 4.78 is 5.28. The summed E-state index contributed by atoms with van der Waals surface area (Å²) in [6, 6.07) is 2.11. The molecule has 0 aliphatic carbocycles. The van der Waals surface area contributed by atoms with E-state index in [1.165, 1.54) is 0 Å². The third-order valence-corrected chi connectivity index (χ3v) is 3.67. The van der Waals surface area contributed by atoms with Crippen LogP contribution in [-0.2, 0) is 4.74 Å². The van der Waals surface area contributed by atoms with E-state index in [-0.39, 0.29) is 0 Å². The second-order valence-electron chi connectivity index (χ2n) is 5.14. The van der Waals surface area contributed by atoms with Crippen molar-refractivity contribution < 1.29 is 4.74 Å². The van der Waals surface area contributed by atoms with Crippen LogP contribution in [0, 0.1) is 5.41 Å². The molecule has 2 fully saturated rings. The molecule has 2 saturated heterocycles. The Kier molecular flexibility index (Phi) is 1.96. The van der Waals surface area contributed by atoms with E-state index in [0.29, 0.717) is 5.41 Å². The molecule has 2 aromatic rings. The molecule has 2 aliphatic heterocycles. The lowest BCUT2D eigenvalue weighted by Crippen LogP contribution is -2.66. The first-order chi connectivity index (χ1) is 8.85. The number of nitrogens with zero attached hydrogens (tertiary/aromatic N) is 4. The van der Waals surface area contributed by atoms with Crippen LogP contribution in [0.25, 0.3) is 11.3 Å². The summed E-state index contributed by atoms with van der Waals surface area (Å²) in [7, 11) is 0. The van der Waals surface area contributed by atoms with Gasteiger partial charge in [0.15, 0.2) is 0 Å². The number of anilines is 1. The molecule has 2 aliphatic rings. The Balaban J connectivity index is 1.57. The quantitative estimate of drug-likeness (QED) is 0.841. The number of nitrogens with one attached hydrogen (secondary N) is 1. The average Bonchev–Trinajstić information content (AvgIpc) is 2.79. The average molecular weight is 243 g/mol. The first kappa shape index (κ1) is 10.0. The number of hydrogen-bond donors (Lipinski definition) is 1. The summed E-state index contributed by atoms with van der Waals surface area (Å²) in [5.74, 6) is 0. The SMILES string of the molecule is c1ncc(N2CC3(COC3)C2)cc1-c1cn[nH]n1. The van der Waals surface area contributed by atoms with Gasteiger partial charge >= 0.3 is 0 Å². The van der Waals surface area contributed by atoms with Gasteiger partial charge in [0, 0.05) is 24.8 Å². The number of ether oxygens (including phenoxy) is 1. The fourth-order valence-corrected chi connectivity index (χ4v) is 2.60. The van der Waals surface area contributed by atoms with Crippen LogP contribution in [0.5, 0.6) is 0 Å². The van der Waals surface area contributed by atoms with Gasteiger partial charge in [-0.2, -0.15) is 15.4 Å². The first-order valence-corrected chi connectivity index (χ1v) is 5.99. The molecule has 0 amide bonds. The van der Waals surface area contributed by atoms with Crippen LogP contribution in [0.3, 0.4) is 0 Å². The fraction of sp³-hybridized carbons (Fsp3) is 0.417. The molecule has 1 spiro atoms. The Morgan fingerprint density at radius 1 is 1.22 bits per heavy atom. The molecule has 6 nitrogen and oxygen atoms in total. The lowest BCUT2D eigenvalue weighted by molar-refractivity contribution is -0.127. The molecule has 0 radical (unpaired) electrons. The zero-order chi connectivity index (χ0) is 12.0. The maximum atomic E-state index is 5.28. The number of aromatic nitrogens is 4. The second kappa shape index (κ2) is 3.52. The summed E-state index contributed by atoms with van der Waals surface area (Å²) in [6.07, 6.45) is 5.41. The maximum Gasteiger partial charge on any atom is 0.114 e. The number of hydrogen-bond acceptors (Lipinski definition) is 5. The van der Waals surface area contributed by atoms with Gasteiger partial charge in [0.05, 0.1) is 36.7 Å². The Bertz CT molecular complexity index is 556. The van der Waals surface area contributed by atoms with Crippen molar-refractivity contribution in [2.45, 2.75) is 0 Å². The normalized spacial score (nSPS) is 20.6. The van der Waals surface area contributed by atoms with Crippen LogP contribution in [0.2, 0.25) is 0 Å². The predicted molar refractivity (Wildman–Crippen MR) is 65.1 cm³/mol. The minimum Gasteiger partial charge on any atom is -0.380 e. The van der Waals surface area contributed by atoms with E-state index in [2.05, 4.69) is 31.4 Å². The molecule has 4 heterocycles. The largest absolute Gasteiger partial charge is 0.380 e. The van der Waals surface area contributed by atoms with Gasteiger partial charge in [-0.25, -0.2) is 0 Å². The Morgan fingerprint density at radius 3 is 2.78 bits per heavy atom. The Hall–Kier alpha value is -1.95. The molecule has 0 aromatic carbocycles. The molecular formula is C12H13N5O. The fourth-order valence-electron chi connectivity index (χ4n) is 2.60. The van der Waals surface area contributed by atoms with E-state index in [4.69, 9.17) is 4.74 Å². The van der Waals surface area contributed by atoms with Crippen molar-refractivity contribution in [3.05, 3.63) is 24.7 Å². The van der Waals surface area contributed by atoms with Crippen LogP contribution in [-0.4, -0.2) is 46.7 Å². The van der Waals surface area contributed by atoms with Crippen LogP contribution in [0.1, 0.15) is 0 Å². The van der Waals surface area contributed by atoms with Crippen molar-refractivity contribution >= 4 is 5.69 Å². The molecule has 6 heteroatoms. The number of rotatable bonds is 2. The van der Waals surface area contributed by atoms with E-state index >= 15 is 0 Å². The van der Waals surface area contributed by atoms with Gasteiger partial charge < -0.3 is 9.64 Å². The second-order valence-corrected chi connectivity index (χ2v) is 5.14. The highest BCUT2D eigenvalue weighted by Gasteiger charge is 2.49. The summed E-state index contributed by atoms with van der Waals surface area (Å²) in [5.41, 5.74) is 3.39. The highest BCUT2D eigenvalue weighted by Crippen LogP contribution is 2.40. The molecular weight excluding hydrogens is 230 g/mol. The van der Waals surface area contributed by atoms with Gasteiger partial charge in [-0.15, -0.1) is 0 Å². The van der Waals surface area contributed by atoms with Crippen molar-refractivity contribution in [1.82, 2.24) is 20.4 Å². The van der Waals surface area contributed by atoms with Gasteiger partial charge in [-0.3, -0.25) is 4.98 Å². The molecule has 4 rings (SSSR count). The van der Waals surface area contributed by atoms with Gasteiger partial charge in [-0.05, 0) is 6.07 Å². The number of H-pyrrole nitrogens is 1. The smallest absolute Gasteiger partial charge is 0.114 e. The van der Waals surface area contributed by atoms with Crippen molar-refractivity contribution in [2.75, 3.05) is 31.2 Å². The molecule has 1 N–H and O–H groups in total. The highest BCUT2D eigenvalue weighted by molar-refractivity contribution is 5.63. The first-order valence-electron chi connectivity index (χ1n) is 5.99. The topological polar surface area (TPSA) is 66.9 Å². The lowest BCUT2D eigenvalue weighted by atomic mass is 9.78. The number of aromatic amines is 1. The lowest BCUT2D eigenvalue weighted by Gasteiger charge is -2.55. The van der Waals surface area contributed by atoms with E-state index in [9.17, 15) is 0 Å². The predicted octanol–water partition coefficient (Wildman–Crippen LogP) is 0.703. The molecule has 18 heavy (non-hydrogen) atoms. The van der Waals surface area contributed by atoms with E-state index in [1.807, 2.05) is 12.4 Å². The zero-order valence-corrected chi connectivity index (χ0v) is 9.83. The Morgan fingerprint density at radius 2 is 2.11 bits per heavy atom. The summed E-state index contributed by atoms with van der Waals surface area (Å²) in [5, 5.41) is 10.5. The van der Waals surface area contributed by atoms with Crippen molar-refractivity contribution in [1.29, 1.82) is 0 Å². The molecule has 92 valence electrons. The third-order valence-electron chi connectivity index (χ3n) is 3.67. The van der Waals surface area contributed by atoms with E-state index < -0.39 is 0 Å². The van der Waals surface area contributed by atoms with Gasteiger partial charge in [0.1, 0.15) is 5.69 Å². The van der Waals surface area contributed by atoms with Crippen LogP contribution in [0.15, 0.2) is 24.7 Å². The summed E-state index contributed by atoms with van der Waals surface area (Å²) in [6.45, 7) is 3.94. The van der Waals surface area contributed by atoms with Crippen molar-refractivity contribution in [3.8, 4) is 11.3 Å². The minimum absolute atomic E-state index is 0.421. The molecule has 0 saturated carbocycles. The monoisotopic (exact) mass is 243 g/mol. The Labute approximate surface area is 104 Å². The van der Waals surface area contributed by atoms with Crippen LogP contribution >= 0.6 is 0 Å². The maximum absolute atomic E-state index is 5.28. The zero-order valence-electron chi connectivity index (χ0n) is 9.83. The molecule has 0 atom stereocenters. The molecule has 2 aromatic heterocycles. The molecule has 0 unspecified atom stereocenters. The standard InChI is InChI=1S/C12H13N5O/c1-9(11-4-14-16-15-11)2-13-3-10(1)17-5-12(6-17)7-18-8-12/h1-4H,5-8H2,(H,14,15,16). The van der Waals surface area contributed by atoms with Crippen molar-refractivity contribution in [3.63, 3.8) is 0 Å². The summed E-state index contributed by atoms with van der Waals surface area (Å²) >= 11 is 0. The highest BCUT2D eigenvalue weighted by atomic mass is 16.5. The van der Waals surface area contributed by atoms with E-state index in [0.717, 1.165) is 43.2 Å². The van der Waals surface area contributed by atoms with Crippen LogP contribution < -0.4 is 4.90 Å². The van der Waals surface area contributed by atoms with Gasteiger partial charge in [-0.1, -0.05) is 0 Å². The van der Waals surface area contributed by atoms with Gasteiger partial charge in [0.25, 0.3) is 0 Å². The summed E-state index contributed by atoms with van der Waals surface area (Å²) in [4.78, 5) is 6.61. The number of pyridine rings is 1. The van der Waals surface area contributed by atoms with E-state index in [1.54, 1.807) is 6.20 Å². The third kappa shape index (κ3) is 1.42. The van der Waals surface area contributed by atoms with Crippen LogP contribution in [0.4, 0.5) is 5.69 Å². The molecule has 0 bridgehead atoms. The van der Waals surface area contributed by atoms with Gasteiger partial charge in [0.2, 0.25) is 0 Å².